The summed E-state index contributed by atoms with van der Waals surface area (Å²) in [5, 5.41) is 14.0. The van der Waals surface area contributed by atoms with Crippen LogP contribution in [0.15, 0.2) is 41.5 Å². The highest BCUT2D eigenvalue weighted by atomic mass is 19.1. The summed E-state index contributed by atoms with van der Waals surface area (Å²) in [5.41, 5.74) is 6.36. The first kappa shape index (κ1) is 15.2. The van der Waals surface area contributed by atoms with Gasteiger partial charge in [-0.1, -0.05) is 6.07 Å². The van der Waals surface area contributed by atoms with Crippen molar-refractivity contribution in [3.05, 3.63) is 64.5 Å². The number of halogens is 1. The second kappa shape index (κ2) is 6.20. The minimum atomic E-state index is -0.459. The molecule has 0 aromatic heterocycles. The van der Waals surface area contributed by atoms with E-state index in [4.69, 9.17) is 0 Å². The van der Waals surface area contributed by atoms with Gasteiger partial charge in [0, 0.05) is 11.1 Å². The van der Waals surface area contributed by atoms with Crippen molar-refractivity contribution in [3.8, 4) is 5.75 Å². The van der Waals surface area contributed by atoms with Gasteiger partial charge in [0.1, 0.15) is 11.6 Å². The number of hydrogen-bond donors (Lipinski definition) is 2. The minimum absolute atomic E-state index is 0.229. The van der Waals surface area contributed by atoms with Crippen LogP contribution >= 0.6 is 0 Å². The summed E-state index contributed by atoms with van der Waals surface area (Å²) in [5.74, 6) is -0.632. The van der Waals surface area contributed by atoms with Crippen molar-refractivity contribution in [2.24, 2.45) is 5.10 Å². The molecule has 0 unspecified atom stereocenters. The smallest absolute Gasteiger partial charge is 0.271 e. The molecule has 0 radical (unpaired) electrons. The molecule has 0 bridgehead atoms. The zero-order valence-corrected chi connectivity index (χ0v) is 12.8. The Bertz CT molecular complexity index is 800. The fourth-order valence-corrected chi connectivity index (χ4v) is 2.83. The zero-order chi connectivity index (χ0) is 16.4. The van der Waals surface area contributed by atoms with Gasteiger partial charge >= 0.3 is 0 Å². The number of nitrogens with one attached hydrogen (secondary N) is 1. The van der Waals surface area contributed by atoms with Crippen LogP contribution in [0.2, 0.25) is 0 Å². The first-order chi connectivity index (χ1) is 11.1. The Morgan fingerprint density at radius 3 is 2.87 bits per heavy atom. The van der Waals surface area contributed by atoms with E-state index in [-0.39, 0.29) is 11.3 Å². The molecule has 0 fully saturated rings. The number of carbonyl (C=O) groups excluding carboxylic acids is 1. The Labute approximate surface area is 133 Å². The Kier molecular flexibility index (Phi) is 4.10. The lowest BCUT2D eigenvalue weighted by atomic mass is 9.87. The van der Waals surface area contributed by atoms with Gasteiger partial charge in [-0.15, -0.1) is 0 Å². The first-order valence-electron chi connectivity index (χ1n) is 7.50. The van der Waals surface area contributed by atoms with Gasteiger partial charge in [0.2, 0.25) is 0 Å². The Morgan fingerprint density at radius 1 is 1.26 bits per heavy atom. The van der Waals surface area contributed by atoms with E-state index >= 15 is 0 Å². The van der Waals surface area contributed by atoms with E-state index in [9.17, 15) is 14.3 Å². The molecule has 1 aliphatic carbocycles. The predicted molar refractivity (Wildman–Crippen MR) is 86.2 cm³/mol. The maximum absolute atomic E-state index is 13.2. The summed E-state index contributed by atoms with van der Waals surface area (Å²) in [6, 6.07) is 8.95. The topological polar surface area (TPSA) is 61.7 Å². The number of nitrogens with zero attached hydrogens (tertiary/aromatic N) is 1. The van der Waals surface area contributed by atoms with Crippen LogP contribution in [0.4, 0.5) is 4.39 Å². The number of rotatable bonds is 2. The molecule has 0 saturated heterocycles. The van der Waals surface area contributed by atoms with E-state index in [1.807, 2.05) is 13.0 Å². The van der Waals surface area contributed by atoms with Gasteiger partial charge in [0.05, 0.1) is 5.71 Å². The number of amides is 1. The molecule has 0 saturated carbocycles. The third kappa shape index (κ3) is 3.08. The number of fused-ring (bicyclic) bond motifs is 1. The number of aromatic hydroxyl groups is 1. The van der Waals surface area contributed by atoms with Gasteiger partial charge in [-0.05, 0) is 67.6 Å². The normalized spacial score (nSPS) is 15.3. The molecule has 0 spiro atoms. The summed E-state index contributed by atoms with van der Waals surface area (Å²) in [6.07, 6.45) is 2.54. The van der Waals surface area contributed by atoms with Gasteiger partial charge in [0.15, 0.2) is 0 Å². The molecule has 0 heterocycles. The highest BCUT2D eigenvalue weighted by molar-refractivity contribution is 6.04. The maximum atomic E-state index is 13.2. The van der Waals surface area contributed by atoms with E-state index in [2.05, 4.69) is 10.5 Å². The monoisotopic (exact) mass is 312 g/mol. The summed E-state index contributed by atoms with van der Waals surface area (Å²) in [4.78, 5) is 12.0. The molecule has 2 aromatic carbocycles. The number of phenolic OH excluding ortho intramolecular Hbond substituents is 1. The molecule has 0 atom stereocenters. The van der Waals surface area contributed by atoms with Crippen LogP contribution in [0.3, 0.4) is 0 Å². The van der Waals surface area contributed by atoms with Crippen LogP contribution in [-0.2, 0) is 6.42 Å². The van der Waals surface area contributed by atoms with Crippen molar-refractivity contribution in [2.45, 2.75) is 26.2 Å². The third-order valence-corrected chi connectivity index (χ3v) is 4.10. The summed E-state index contributed by atoms with van der Waals surface area (Å²) in [7, 11) is 0. The first-order valence-corrected chi connectivity index (χ1v) is 7.50. The molecule has 1 amide bonds. The van der Waals surface area contributed by atoms with E-state index < -0.39 is 11.7 Å². The molecule has 118 valence electrons. The molecule has 1 aliphatic rings. The second-order valence-electron chi connectivity index (χ2n) is 5.60. The molecule has 4 nitrogen and oxygen atoms in total. The van der Waals surface area contributed by atoms with Crippen LogP contribution in [0.5, 0.6) is 5.75 Å². The lowest BCUT2D eigenvalue weighted by molar-refractivity contribution is 0.0954. The van der Waals surface area contributed by atoms with Crippen LogP contribution in [-0.4, -0.2) is 16.7 Å². The SMILES string of the molecule is Cc1c(O)ccc2c1CCCC2=NNC(=O)c1cccc(F)c1. The van der Waals surface area contributed by atoms with Crippen molar-refractivity contribution < 1.29 is 14.3 Å². The number of benzene rings is 2. The number of hydrogen-bond acceptors (Lipinski definition) is 3. The average molecular weight is 312 g/mol. The predicted octanol–water partition coefficient (Wildman–Crippen LogP) is 3.31. The van der Waals surface area contributed by atoms with Gasteiger partial charge in [-0.2, -0.15) is 5.10 Å². The van der Waals surface area contributed by atoms with Crippen molar-refractivity contribution in [1.29, 1.82) is 0 Å². The number of carbonyl (C=O) groups is 1. The van der Waals surface area contributed by atoms with E-state index in [0.717, 1.165) is 41.7 Å². The Hall–Kier alpha value is -2.69. The molecule has 2 N–H and O–H groups in total. The van der Waals surface area contributed by atoms with Crippen molar-refractivity contribution in [3.63, 3.8) is 0 Å². The standard InChI is InChI=1S/C18H17FN2O2/c1-11-14-6-3-7-16(15(14)8-9-17(11)22)20-21-18(23)12-4-2-5-13(19)10-12/h2,4-5,8-10,22H,3,6-7H2,1H3,(H,21,23). The minimum Gasteiger partial charge on any atom is -0.508 e. The van der Waals surface area contributed by atoms with Crippen LogP contribution in [0, 0.1) is 12.7 Å². The molecule has 23 heavy (non-hydrogen) atoms. The highest BCUT2D eigenvalue weighted by Gasteiger charge is 2.19. The molecule has 5 heteroatoms. The number of phenols is 1. The highest BCUT2D eigenvalue weighted by Crippen LogP contribution is 2.29. The molecule has 2 aromatic rings. The summed E-state index contributed by atoms with van der Waals surface area (Å²) >= 11 is 0. The lowest BCUT2D eigenvalue weighted by Gasteiger charge is -2.20. The van der Waals surface area contributed by atoms with Crippen LogP contribution in [0.1, 0.15) is 39.9 Å². The van der Waals surface area contributed by atoms with Crippen LogP contribution in [0.25, 0.3) is 0 Å². The lowest BCUT2D eigenvalue weighted by Crippen LogP contribution is -2.22. The van der Waals surface area contributed by atoms with Gasteiger partial charge in [0.25, 0.3) is 5.91 Å². The Morgan fingerprint density at radius 2 is 2.09 bits per heavy atom. The fourth-order valence-electron chi connectivity index (χ4n) is 2.83. The van der Waals surface area contributed by atoms with Crippen molar-refractivity contribution >= 4 is 11.6 Å². The van der Waals surface area contributed by atoms with Gasteiger partial charge < -0.3 is 5.11 Å². The summed E-state index contributed by atoms with van der Waals surface area (Å²) < 4.78 is 13.2. The third-order valence-electron chi connectivity index (χ3n) is 4.10. The molecular formula is C18H17FN2O2. The van der Waals surface area contributed by atoms with E-state index in [1.54, 1.807) is 6.07 Å². The van der Waals surface area contributed by atoms with Crippen LogP contribution < -0.4 is 5.43 Å². The molecule has 0 aliphatic heterocycles. The van der Waals surface area contributed by atoms with Crippen molar-refractivity contribution in [2.75, 3.05) is 0 Å². The largest absolute Gasteiger partial charge is 0.508 e. The van der Waals surface area contributed by atoms with Gasteiger partial charge in [-0.25, -0.2) is 9.82 Å². The molecular weight excluding hydrogens is 295 g/mol. The zero-order valence-electron chi connectivity index (χ0n) is 12.8. The Balaban J connectivity index is 1.85. The quantitative estimate of drug-likeness (QED) is 0.836. The molecule has 3 rings (SSSR count). The van der Waals surface area contributed by atoms with E-state index in [1.165, 1.54) is 24.3 Å². The fraction of sp³-hybridized carbons (Fsp3) is 0.222. The summed E-state index contributed by atoms with van der Waals surface area (Å²) in [6.45, 7) is 1.88. The average Bonchev–Trinajstić information content (AvgIpc) is 2.56. The van der Waals surface area contributed by atoms with Gasteiger partial charge in [-0.3, -0.25) is 4.79 Å². The van der Waals surface area contributed by atoms with E-state index in [0.29, 0.717) is 0 Å². The maximum Gasteiger partial charge on any atom is 0.271 e. The van der Waals surface area contributed by atoms with Crippen molar-refractivity contribution in [1.82, 2.24) is 5.43 Å². The number of hydrazone groups is 1. The second-order valence-corrected chi connectivity index (χ2v) is 5.60.